The third-order valence-electron chi connectivity index (χ3n) is 5.22. The SMILES string of the molecule is CN(C)CCCN(C(=O)CCc1ncc(-c2ccccc2F)o1)C1CCS(=O)(=O)C1. The Bertz CT molecular complexity index is 974. The fraction of sp³-hybridized carbons (Fsp3) is 0.524. The van der Waals surface area contributed by atoms with Crippen molar-refractivity contribution in [3.05, 3.63) is 42.2 Å². The molecule has 7 nitrogen and oxygen atoms in total. The third-order valence-corrected chi connectivity index (χ3v) is 6.97. The summed E-state index contributed by atoms with van der Waals surface area (Å²) in [6.45, 7) is 1.33. The molecule has 0 spiro atoms. The molecule has 3 rings (SSSR count). The van der Waals surface area contributed by atoms with E-state index >= 15 is 0 Å². The van der Waals surface area contributed by atoms with Crippen LogP contribution in [-0.2, 0) is 21.1 Å². The van der Waals surface area contributed by atoms with Crippen LogP contribution < -0.4 is 0 Å². The Labute approximate surface area is 176 Å². The monoisotopic (exact) mass is 437 g/mol. The molecule has 0 bridgehead atoms. The molecule has 1 unspecified atom stereocenters. The van der Waals surface area contributed by atoms with Gasteiger partial charge >= 0.3 is 0 Å². The number of aromatic nitrogens is 1. The van der Waals surface area contributed by atoms with Crippen molar-refractivity contribution >= 4 is 15.7 Å². The molecular weight excluding hydrogens is 409 g/mol. The largest absolute Gasteiger partial charge is 0.441 e. The number of benzene rings is 1. The van der Waals surface area contributed by atoms with Gasteiger partial charge in [-0.3, -0.25) is 4.79 Å². The maximum absolute atomic E-state index is 13.9. The van der Waals surface area contributed by atoms with Gasteiger partial charge in [-0.15, -0.1) is 0 Å². The molecule has 1 aliphatic heterocycles. The van der Waals surface area contributed by atoms with E-state index in [-0.39, 0.29) is 36.3 Å². The summed E-state index contributed by atoms with van der Waals surface area (Å²) in [5, 5.41) is 0. The minimum Gasteiger partial charge on any atom is -0.441 e. The van der Waals surface area contributed by atoms with E-state index in [1.54, 1.807) is 23.1 Å². The highest BCUT2D eigenvalue weighted by Crippen LogP contribution is 2.24. The van der Waals surface area contributed by atoms with Gasteiger partial charge in [0.25, 0.3) is 0 Å². The Hall–Kier alpha value is -2.26. The first-order chi connectivity index (χ1) is 14.2. The topological polar surface area (TPSA) is 83.7 Å². The summed E-state index contributed by atoms with van der Waals surface area (Å²) in [5.41, 5.74) is 0.323. The predicted molar refractivity (Wildman–Crippen MR) is 112 cm³/mol. The number of oxazole rings is 1. The Balaban J connectivity index is 1.63. The van der Waals surface area contributed by atoms with Gasteiger partial charge in [-0.2, -0.15) is 0 Å². The Kier molecular flexibility index (Phi) is 7.25. The van der Waals surface area contributed by atoms with Crippen LogP contribution in [0.2, 0.25) is 0 Å². The second-order valence-corrected chi connectivity index (χ2v) is 10.1. The molecule has 1 fully saturated rings. The summed E-state index contributed by atoms with van der Waals surface area (Å²) in [5.74, 6) is 0.319. The molecule has 1 aromatic heterocycles. The highest BCUT2D eigenvalue weighted by Gasteiger charge is 2.34. The van der Waals surface area contributed by atoms with Crippen molar-refractivity contribution in [2.24, 2.45) is 0 Å². The van der Waals surface area contributed by atoms with E-state index in [2.05, 4.69) is 4.98 Å². The molecule has 0 aliphatic carbocycles. The smallest absolute Gasteiger partial charge is 0.223 e. The van der Waals surface area contributed by atoms with E-state index in [9.17, 15) is 17.6 Å². The number of aryl methyl sites for hydroxylation is 1. The van der Waals surface area contributed by atoms with Crippen LogP contribution in [-0.4, -0.2) is 73.8 Å². The van der Waals surface area contributed by atoms with Crippen LogP contribution >= 0.6 is 0 Å². The van der Waals surface area contributed by atoms with Crippen molar-refractivity contribution in [3.63, 3.8) is 0 Å². The molecule has 1 atom stereocenters. The maximum Gasteiger partial charge on any atom is 0.223 e. The predicted octanol–water partition coefficient (Wildman–Crippen LogP) is 2.38. The lowest BCUT2D eigenvalue weighted by atomic mass is 10.1. The number of sulfone groups is 1. The number of hydrogen-bond acceptors (Lipinski definition) is 6. The number of nitrogens with zero attached hydrogens (tertiary/aromatic N) is 3. The van der Waals surface area contributed by atoms with Crippen molar-refractivity contribution in [3.8, 4) is 11.3 Å². The van der Waals surface area contributed by atoms with E-state index in [0.717, 1.165) is 13.0 Å². The number of rotatable bonds is 9. The lowest BCUT2D eigenvalue weighted by Crippen LogP contribution is -2.42. The first-order valence-corrected chi connectivity index (χ1v) is 11.9. The Morgan fingerprint density at radius 2 is 2.03 bits per heavy atom. The van der Waals surface area contributed by atoms with Crippen LogP contribution in [0.4, 0.5) is 4.39 Å². The van der Waals surface area contributed by atoms with Crippen LogP contribution in [0.25, 0.3) is 11.3 Å². The normalized spacial score (nSPS) is 18.1. The van der Waals surface area contributed by atoms with Crippen molar-refractivity contribution in [1.82, 2.24) is 14.8 Å². The summed E-state index contributed by atoms with van der Waals surface area (Å²) in [7, 11) is 0.836. The second kappa shape index (κ2) is 9.70. The van der Waals surface area contributed by atoms with Crippen molar-refractivity contribution in [1.29, 1.82) is 0 Å². The fourth-order valence-electron chi connectivity index (χ4n) is 3.66. The minimum absolute atomic E-state index is 0.0249. The molecule has 9 heteroatoms. The molecule has 2 heterocycles. The van der Waals surface area contributed by atoms with Gasteiger partial charge in [0.15, 0.2) is 21.5 Å². The quantitative estimate of drug-likeness (QED) is 0.599. The summed E-state index contributed by atoms with van der Waals surface area (Å²) in [6, 6.07) is 6.00. The summed E-state index contributed by atoms with van der Waals surface area (Å²) in [6.07, 6.45) is 3.14. The molecule has 2 aromatic rings. The van der Waals surface area contributed by atoms with Crippen molar-refractivity contribution in [2.75, 3.05) is 38.7 Å². The molecule has 1 saturated heterocycles. The highest BCUT2D eigenvalue weighted by molar-refractivity contribution is 7.91. The zero-order valence-electron chi connectivity index (χ0n) is 17.4. The molecule has 1 aliphatic rings. The van der Waals surface area contributed by atoms with E-state index in [1.165, 1.54) is 12.3 Å². The number of halogens is 1. The lowest BCUT2D eigenvalue weighted by Gasteiger charge is -2.29. The van der Waals surface area contributed by atoms with Gasteiger partial charge in [0.2, 0.25) is 5.91 Å². The molecule has 30 heavy (non-hydrogen) atoms. The summed E-state index contributed by atoms with van der Waals surface area (Å²) >= 11 is 0. The van der Waals surface area contributed by atoms with Crippen LogP contribution in [0.1, 0.15) is 25.2 Å². The number of amides is 1. The van der Waals surface area contributed by atoms with Gasteiger partial charge in [-0.25, -0.2) is 17.8 Å². The second-order valence-electron chi connectivity index (χ2n) is 7.90. The number of carbonyl (C=O) groups is 1. The van der Waals surface area contributed by atoms with Gasteiger partial charge in [-0.1, -0.05) is 12.1 Å². The van der Waals surface area contributed by atoms with Crippen LogP contribution in [0.15, 0.2) is 34.9 Å². The standard InChI is InChI=1S/C21H28FN3O4S/c1-24(2)11-5-12-25(16-10-13-30(27,28)15-16)21(26)9-8-20-23-14-19(29-20)17-6-3-4-7-18(17)22/h3-4,6-7,14,16H,5,8-13,15H2,1-2H3. The molecule has 0 N–H and O–H groups in total. The average molecular weight is 438 g/mol. The number of carbonyl (C=O) groups excluding carboxylic acids is 1. The zero-order valence-corrected chi connectivity index (χ0v) is 18.2. The fourth-order valence-corrected chi connectivity index (χ4v) is 5.39. The number of hydrogen-bond donors (Lipinski definition) is 0. The van der Waals surface area contributed by atoms with Gasteiger partial charge in [-0.05, 0) is 45.6 Å². The maximum atomic E-state index is 13.9. The molecule has 0 saturated carbocycles. The third kappa shape index (κ3) is 5.89. The van der Waals surface area contributed by atoms with Crippen molar-refractivity contribution in [2.45, 2.75) is 31.7 Å². The summed E-state index contributed by atoms with van der Waals surface area (Å²) in [4.78, 5) is 20.8. The molecular formula is C21H28FN3O4S. The van der Waals surface area contributed by atoms with Crippen LogP contribution in [0.3, 0.4) is 0 Å². The molecule has 164 valence electrons. The lowest BCUT2D eigenvalue weighted by molar-refractivity contribution is -0.133. The van der Waals surface area contributed by atoms with Gasteiger partial charge in [0.1, 0.15) is 5.82 Å². The molecule has 0 radical (unpaired) electrons. The van der Waals surface area contributed by atoms with E-state index in [1.807, 2.05) is 19.0 Å². The van der Waals surface area contributed by atoms with Crippen molar-refractivity contribution < 1.29 is 22.0 Å². The van der Waals surface area contributed by atoms with E-state index in [0.29, 0.717) is 30.2 Å². The van der Waals surface area contributed by atoms with Gasteiger partial charge in [0, 0.05) is 25.4 Å². The van der Waals surface area contributed by atoms with Crippen LogP contribution in [0, 0.1) is 5.82 Å². The first kappa shape index (κ1) is 22.4. The minimum atomic E-state index is -3.08. The van der Waals surface area contributed by atoms with Gasteiger partial charge < -0.3 is 14.2 Å². The average Bonchev–Trinajstić information content (AvgIpc) is 3.29. The first-order valence-electron chi connectivity index (χ1n) is 10.1. The van der Waals surface area contributed by atoms with E-state index < -0.39 is 15.7 Å². The van der Waals surface area contributed by atoms with Crippen LogP contribution in [0.5, 0.6) is 0 Å². The molecule has 1 aromatic carbocycles. The zero-order chi connectivity index (χ0) is 21.7. The summed E-state index contributed by atoms with van der Waals surface area (Å²) < 4.78 is 43.3. The Morgan fingerprint density at radius 3 is 2.70 bits per heavy atom. The highest BCUT2D eigenvalue weighted by atomic mass is 32.2. The molecule has 1 amide bonds. The van der Waals surface area contributed by atoms with Gasteiger partial charge in [0.05, 0.1) is 23.3 Å². The van der Waals surface area contributed by atoms with E-state index in [4.69, 9.17) is 4.42 Å². The Morgan fingerprint density at radius 1 is 1.27 bits per heavy atom.